The van der Waals surface area contributed by atoms with E-state index in [9.17, 15) is 18.3 Å². The predicted molar refractivity (Wildman–Crippen MR) is 127 cm³/mol. The van der Waals surface area contributed by atoms with Crippen LogP contribution >= 0.6 is 22.9 Å². The lowest BCUT2D eigenvalue weighted by Crippen LogP contribution is -2.54. The third kappa shape index (κ3) is 4.20. The van der Waals surface area contributed by atoms with Crippen LogP contribution in [-0.4, -0.2) is 64.7 Å². The van der Waals surface area contributed by atoms with Gasteiger partial charge in [-0.25, -0.2) is 18.4 Å². The lowest BCUT2D eigenvalue weighted by Gasteiger charge is -2.38. The summed E-state index contributed by atoms with van der Waals surface area (Å²) in [6.07, 6.45) is 2.08. The number of sulfonamides is 1. The summed E-state index contributed by atoms with van der Waals surface area (Å²) in [6, 6.07) is 11.8. The first-order chi connectivity index (χ1) is 15.8. The van der Waals surface area contributed by atoms with Gasteiger partial charge in [-0.1, -0.05) is 23.7 Å². The number of aldehydes is 1. The number of carbonyl (C=O) groups is 1. The molecule has 11 heteroatoms. The minimum atomic E-state index is -3.74. The van der Waals surface area contributed by atoms with Crippen molar-refractivity contribution >= 4 is 60.2 Å². The van der Waals surface area contributed by atoms with Gasteiger partial charge in [-0.05, 0) is 41.3 Å². The summed E-state index contributed by atoms with van der Waals surface area (Å²) in [6.45, 7) is 1.17. The molecule has 1 aliphatic rings. The molecule has 1 atom stereocenters. The standard InChI is InChI=1S/C22H19ClN4O4S2/c23-16-3-2-15-8-21(32-20(15)9-16)33(30,31)27-6-5-26(17(11-27)12-28)10-14-1-4-19-18(7-14)22(29)25-13-24-19/h1-4,7-9,12-13,17H,5-6,10-11H2,(H,24,25,29). The molecular weight excluding hydrogens is 484 g/mol. The summed E-state index contributed by atoms with van der Waals surface area (Å²) < 4.78 is 29.0. The summed E-state index contributed by atoms with van der Waals surface area (Å²) in [4.78, 5) is 21.7. The van der Waals surface area contributed by atoms with E-state index >= 15 is 0 Å². The highest BCUT2D eigenvalue weighted by molar-refractivity contribution is 7.91. The van der Waals surface area contributed by atoms with Crippen LogP contribution in [0, 0.1) is 0 Å². The largest absolute Gasteiger partial charge is 0.493 e. The van der Waals surface area contributed by atoms with E-state index in [0.717, 1.165) is 21.9 Å². The average molecular weight is 503 g/mol. The Kier molecular flexibility index (Phi) is 5.79. The van der Waals surface area contributed by atoms with Crippen LogP contribution in [0.3, 0.4) is 0 Å². The number of benzene rings is 2. The SMILES string of the molecule is O=CC1CN(S(=O)(=O)c2cc3ccc(Cl)cc3s2)CCN1Cc1ccc2ncnc(O)c2c1. The van der Waals surface area contributed by atoms with Crippen LogP contribution in [0.1, 0.15) is 5.56 Å². The van der Waals surface area contributed by atoms with Gasteiger partial charge in [0.05, 0.1) is 16.9 Å². The zero-order chi connectivity index (χ0) is 23.2. The maximum absolute atomic E-state index is 13.3. The molecular formula is C22H19ClN4O4S2. The van der Waals surface area contributed by atoms with Crippen LogP contribution in [-0.2, 0) is 21.4 Å². The number of hydrogen-bond acceptors (Lipinski definition) is 8. The second-order valence-corrected chi connectivity index (χ2v) is 11.5. The molecule has 1 aliphatic heterocycles. The summed E-state index contributed by atoms with van der Waals surface area (Å²) in [5.74, 6) is -0.102. The predicted octanol–water partition coefficient (Wildman–Crippen LogP) is 3.28. The molecule has 2 aromatic carbocycles. The molecule has 2 aromatic heterocycles. The Morgan fingerprint density at radius 2 is 2.00 bits per heavy atom. The van der Waals surface area contributed by atoms with Crippen molar-refractivity contribution in [3.05, 3.63) is 59.4 Å². The van der Waals surface area contributed by atoms with E-state index in [1.54, 1.807) is 36.4 Å². The van der Waals surface area contributed by atoms with E-state index in [4.69, 9.17) is 11.6 Å². The normalized spacial score (nSPS) is 18.2. The van der Waals surface area contributed by atoms with Crippen LogP contribution in [0.4, 0.5) is 0 Å². The second-order valence-electron chi connectivity index (χ2n) is 7.83. The number of fused-ring (bicyclic) bond motifs is 2. The van der Waals surface area contributed by atoms with E-state index in [0.29, 0.717) is 29.0 Å². The fraction of sp³-hybridized carbons (Fsp3) is 0.227. The summed E-state index contributed by atoms with van der Waals surface area (Å²) in [7, 11) is -3.74. The van der Waals surface area contributed by atoms with E-state index in [1.807, 2.05) is 11.0 Å². The van der Waals surface area contributed by atoms with Crippen LogP contribution in [0.5, 0.6) is 5.88 Å². The quantitative estimate of drug-likeness (QED) is 0.418. The molecule has 8 nitrogen and oxygen atoms in total. The summed E-state index contributed by atoms with van der Waals surface area (Å²) >= 11 is 7.21. The second kappa shape index (κ2) is 8.62. The third-order valence-corrected chi connectivity index (χ3v) is 9.42. The molecule has 0 saturated carbocycles. The Hall–Kier alpha value is -2.63. The molecule has 33 heavy (non-hydrogen) atoms. The zero-order valence-corrected chi connectivity index (χ0v) is 19.6. The van der Waals surface area contributed by atoms with Gasteiger partial charge in [0.15, 0.2) is 0 Å². The smallest absolute Gasteiger partial charge is 0.252 e. The van der Waals surface area contributed by atoms with Crippen LogP contribution in [0.15, 0.2) is 53.0 Å². The van der Waals surface area contributed by atoms with Gasteiger partial charge in [-0.2, -0.15) is 4.31 Å². The number of hydrogen-bond donors (Lipinski definition) is 1. The maximum Gasteiger partial charge on any atom is 0.252 e. The fourth-order valence-corrected chi connectivity index (χ4v) is 7.30. The van der Waals surface area contributed by atoms with E-state index in [2.05, 4.69) is 9.97 Å². The minimum Gasteiger partial charge on any atom is -0.493 e. The van der Waals surface area contributed by atoms with Crippen molar-refractivity contribution in [2.45, 2.75) is 16.8 Å². The fourth-order valence-electron chi connectivity index (χ4n) is 4.02. The van der Waals surface area contributed by atoms with Gasteiger partial charge in [0.2, 0.25) is 5.88 Å². The third-order valence-electron chi connectivity index (χ3n) is 5.77. The van der Waals surface area contributed by atoms with E-state index < -0.39 is 16.1 Å². The molecule has 170 valence electrons. The van der Waals surface area contributed by atoms with Gasteiger partial charge in [-0.3, -0.25) is 4.90 Å². The molecule has 0 radical (unpaired) electrons. The number of thiophene rings is 1. The average Bonchev–Trinajstić information content (AvgIpc) is 3.24. The molecule has 4 aromatic rings. The van der Waals surface area contributed by atoms with Gasteiger partial charge >= 0.3 is 0 Å². The number of aromatic nitrogens is 2. The van der Waals surface area contributed by atoms with Gasteiger partial charge in [0.1, 0.15) is 16.8 Å². The van der Waals surface area contributed by atoms with Gasteiger partial charge in [0, 0.05) is 35.9 Å². The topological polar surface area (TPSA) is 104 Å². The Balaban J connectivity index is 1.36. The molecule has 3 heterocycles. The van der Waals surface area contributed by atoms with Gasteiger partial charge < -0.3 is 9.90 Å². The van der Waals surface area contributed by atoms with Crippen LogP contribution in [0.25, 0.3) is 21.0 Å². The number of halogens is 1. The highest BCUT2D eigenvalue weighted by atomic mass is 35.5. The van der Waals surface area contributed by atoms with Gasteiger partial charge in [-0.15, -0.1) is 11.3 Å². The first-order valence-electron chi connectivity index (χ1n) is 10.2. The molecule has 1 unspecified atom stereocenters. The highest BCUT2D eigenvalue weighted by Crippen LogP contribution is 2.33. The summed E-state index contributed by atoms with van der Waals surface area (Å²) in [5, 5.41) is 11.9. The molecule has 0 spiro atoms. The molecule has 1 saturated heterocycles. The molecule has 1 fully saturated rings. The Morgan fingerprint density at radius 1 is 1.15 bits per heavy atom. The number of piperazine rings is 1. The Labute approximate surface area is 199 Å². The number of carbonyl (C=O) groups excluding carboxylic acids is 1. The number of aromatic hydroxyl groups is 1. The lowest BCUT2D eigenvalue weighted by atomic mass is 10.1. The summed E-state index contributed by atoms with van der Waals surface area (Å²) in [5.41, 5.74) is 1.50. The molecule has 0 aliphatic carbocycles. The van der Waals surface area contributed by atoms with Gasteiger partial charge in [0.25, 0.3) is 10.0 Å². The van der Waals surface area contributed by atoms with Crippen molar-refractivity contribution in [2.24, 2.45) is 0 Å². The number of rotatable bonds is 5. The molecule has 0 amide bonds. The lowest BCUT2D eigenvalue weighted by molar-refractivity contribution is -0.114. The Morgan fingerprint density at radius 3 is 2.82 bits per heavy atom. The molecule has 0 bridgehead atoms. The van der Waals surface area contributed by atoms with Crippen molar-refractivity contribution in [2.75, 3.05) is 19.6 Å². The Bertz CT molecular complexity index is 1470. The first kappa shape index (κ1) is 22.2. The monoisotopic (exact) mass is 502 g/mol. The van der Waals surface area contributed by atoms with E-state index in [-0.39, 0.29) is 23.2 Å². The molecule has 1 N–H and O–H groups in total. The molecule has 5 rings (SSSR count). The van der Waals surface area contributed by atoms with Crippen LogP contribution in [0.2, 0.25) is 5.02 Å². The highest BCUT2D eigenvalue weighted by Gasteiger charge is 2.35. The van der Waals surface area contributed by atoms with Crippen molar-refractivity contribution in [1.29, 1.82) is 0 Å². The zero-order valence-electron chi connectivity index (χ0n) is 17.3. The van der Waals surface area contributed by atoms with Crippen molar-refractivity contribution in [1.82, 2.24) is 19.2 Å². The van der Waals surface area contributed by atoms with Crippen molar-refractivity contribution < 1.29 is 18.3 Å². The number of nitrogens with zero attached hydrogens (tertiary/aromatic N) is 4. The van der Waals surface area contributed by atoms with Crippen LogP contribution < -0.4 is 0 Å². The minimum absolute atomic E-state index is 0.0722. The maximum atomic E-state index is 13.3. The first-order valence-corrected chi connectivity index (χ1v) is 12.8. The van der Waals surface area contributed by atoms with E-state index in [1.165, 1.54) is 22.0 Å². The van der Waals surface area contributed by atoms with Crippen molar-refractivity contribution in [3.63, 3.8) is 0 Å². The van der Waals surface area contributed by atoms with Crippen molar-refractivity contribution in [3.8, 4) is 5.88 Å².